The van der Waals surface area contributed by atoms with Crippen LogP contribution < -0.4 is 25.3 Å². The standard InChI is InChI=1S/C18H18F2N4O4.C15H14F2N2O4/c19-16-13(23-6-3-11(26)4-7-23)1-2-14(17(16)20)24-10-12(28-18(24)27)9-22-15(21)5-8-25;16-13-11(18-5-3-9(21)4-6-18)1-2-12(14(13)17)19-7-10(8-20)23-15(19)22/h1-3,5-6,8,12,25H,4,7,9-10H2,(H2,21,22);1-3,5,10,20H,4,6-8H2/b8-5-;. The number of cyclic esters (lactones) is 2. The number of hydrogen-bond acceptors (Lipinski definition) is 11. The predicted octanol–water partition coefficient (Wildman–Crippen LogP) is 3.59. The molecule has 4 heterocycles. The van der Waals surface area contributed by atoms with E-state index in [1.54, 1.807) is 0 Å². The fourth-order valence-electron chi connectivity index (χ4n) is 5.41. The van der Waals surface area contributed by atoms with Crippen molar-refractivity contribution in [1.82, 2.24) is 0 Å². The summed E-state index contributed by atoms with van der Waals surface area (Å²) in [6.07, 6.45) is 4.58. The molecule has 4 aliphatic rings. The summed E-state index contributed by atoms with van der Waals surface area (Å²) in [4.78, 5) is 54.8. The van der Waals surface area contributed by atoms with E-state index >= 15 is 0 Å². The number of aliphatic hydroxyl groups excluding tert-OH is 2. The van der Waals surface area contributed by atoms with E-state index in [-0.39, 0.29) is 85.7 Å². The molecule has 0 bridgehead atoms. The zero-order chi connectivity index (χ0) is 36.8. The molecule has 0 aliphatic carbocycles. The number of anilines is 4. The third kappa shape index (κ3) is 8.12. The van der Waals surface area contributed by atoms with Crippen LogP contribution in [0.5, 0.6) is 0 Å². The molecule has 4 N–H and O–H groups in total. The minimum atomic E-state index is -1.19. The molecule has 0 radical (unpaired) electrons. The Morgan fingerprint density at radius 1 is 0.765 bits per heavy atom. The van der Waals surface area contributed by atoms with Crippen LogP contribution in [0.1, 0.15) is 12.8 Å². The zero-order valence-corrected chi connectivity index (χ0v) is 26.8. The van der Waals surface area contributed by atoms with Gasteiger partial charge in [0, 0.05) is 44.4 Å². The third-order valence-electron chi connectivity index (χ3n) is 8.04. The molecule has 18 heteroatoms. The third-order valence-corrected chi connectivity index (χ3v) is 8.04. The summed E-state index contributed by atoms with van der Waals surface area (Å²) in [5, 5.41) is 17.6. The van der Waals surface area contributed by atoms with Gasteiger partial charge in [0.05, 0.1) is 55.3 Å². The van der Waals surface area contributed by atoms with Gasteiger partial charge >= 0.3 is 12.2 Å². The number of aliphatic imine (C=N–C) groups is 1. The number of ketones is 2. The summed E-state index contributed by atoms with van der Waals surface area (Å²) in [5.74, 6) is -4.72. The van der Waals surface area contributed by atoms with E-state index in [0.29, 0.717) is 0 Å². The molecule has 0 aromatic heterocycles. The van der Waals surface area contributed by atoms with E-state index in [0.717, 1.165) is 22.1 Å². The van der Waals surface area contributed by atoms with Gasteiger partial charge < -0.3 is 35.2 Å². The highest BCUT2D eigenvalue weighted by atomic mass is 19.2. The average Bonchev–Trinajstić information content (AvgIpc) is 3.68. The molecule has 2 atom stereocenters. The van der Waals surface area contributed by atoms with Gasteiger partial charge in [-0.2, -0.15) is 0 Å². The Morgan fingerprint density at radius 3 is 1.61 bits per heavy atom. The van der Waals surface area contributed by atoms with Crippen LogP contribution in [0.4, 0.5) is 49.9 Å². The van der Waals surface area contributed by atoms with Crippen molar-refractivity contribution in [2.45, 2.75) is 25.0 Å². The number of amidine groups is 1. The highest BCUT2D eigenvalue weighted by Crippen LogP contribution is 2.34. The number of nitrogens with two attached hydrogens (primary N) is 1. The summed E-state index contributed by atoms with van der Waals surface area (Å²) in [6, 6.07) is 5.25. The molecule has 270 valence electrons. The van der Waals surface area contributed by atoms with E-state index in [4.69, 9.17) is 25.4 Å². The van der Waals surface area contributed by atoms with Gasteiger partial charge in [-0.25, -0.2) is 27.2 Å². The van der Waals surface area contributed by atoms with Crippen LogP contribution in [-0.4, -0.2) is 91.3 Å². The normalized spacial score (nSPS) is 20.7. The molecule has 0 saturated carbocycles. The van der Waals surface area contributed by atoms with Crippen molar-refractivity contribution in [2.24, 2.45) is 10.7 Å². The minimum Gasteiger partial charge on any atom is -0.515 e. The zero-order valence-electron chi connectivity index (χ0n) is 26.8. The Balaban J connectivity index is 0.000000201. The first kappa shape index (κ1) is 36.4. The molecule has 2 fully saturated rings. The van der Waals surface area contributed by atoms with E-state index in [1.165, 1.54) is 58.6 Å². The monoisotopic (exact) mass is 716 g/mol. The second-order valence-electron chi connectivity index (χ2n) is 11.4. The number of benzene rings is 2. The van der Waals surface area contributed by atoms with Crippen LogP contribution >= 0.6 is 0 Å². The summed E-state index contributed by atoms with van der Waals surface area (Å²) >= 11 is 0. The molecule has 14 nitrogen and oxygen atoms in total. The lowest BCUT2D eigenvalue weighted by Crippen LogP contribution is -2.28. The van der Waals surface area contributed by atoms with E-state index in [9.17, 15) is 36.7 Å². The number of hydrogen-bond donors (Lipinski definition) is 3. The summed E-state index contributed by atoms with van der Waals surface area (Å²) < 4.78 is 67.8. The van der Waals surface area contributed by atoms with Crippen molar-refractivity contribution in [1.29, 1.82) is 0 Å². The molecule has 6 rings (SSSR count). The van der Waals surface area contributed by atoms with Gasteiger partial charge in [0.2, 0.25) is 0 Å². The summed E-state index contributed by atoms with van der Waals surface area (Å²) in [7, 11) is 0. The van der Waals surface area contributed by atoms with Crippen LogP contribution in [0.25, 0.3) is 0 Å². The number of ether oxygens (including phenoxy) is 2. The molecule has 2 saturated heterocycles. The van der Waals surface area contributed by atoms with Gasteiger partial charge in [-0.3, -0.25) is 24.4 Å². The van der Waals surface area contributed by atoms with Gasteiger partial charge in [0.25, 0.3) is 0 Å². The number of halogens is 4. The van der Waals surface area contributed by atoms with Gasteiger partial charge in [0.1, 0.15) is 18.0 Å². The van der Waals surface area contributed by atoms with Crippen LogP contribution in [0.3, 0.4) is 0 Å². The summed E-state index contributed by atoms with van der Waals surface area (Å²) in [5.41, 5.74) is 4.95. The molecule has 2 aromatic carbocycles. The molecule has 4 aliphatic heterocycles. The Morgan fingerprint density at radius 2 is 1.20 bits per heavy atom. The number of carbonyl (C=O) groups excluding carboxylic acids is 4. The Kier molecular flexibility index (Phi) is 11.2. The number of nitrogens with zero attached hydrogens (tertiary/aromatic N) is 5. The number of amides is 2. The fraction of sp³-hybridized carbons (Fsp3) is 0.303. The molecule has 0 spiro atoms. The lowest BCUT2D eigenvalue weighted by Gasteiger charge is -2.24. The van der Waals surface area contributed by atoms with Crippen LogP contribution in [0.2, 0.25) is 0 Å². The Labute approximate surface area is 287 Å². The first-order valence-electron chi connectivity index (χ1n) is 15.5. The maximum Gasteiger partial charge on any atom is 0.414 e. The quantitative estimate of drug-likeness (QED) is 0.157. The van der Waals surface area contributed by atoms with Gasteiger partial charge in [-0.1, -0.05) is 0 Å². The van der Waals surface area contributed by atoms with Gasteiger partial charge in [-0.15, -0.1) is 0 Å². The average molecular weight is 717 g/mol. The maximum atomic E-state index is 14.6. The summed E-state index contributed by atoms with van der Waals surface area (Å²) in [6.45, 7) is 0.0175. The van der Waals surface area contributed by atoms with E-state index < -0.39 is 54.3 Å². The molecular formula is C33H32F4N6O8. The Hall–Kier alpha value is -5.91. The molecule has 51 heavy (non-hydrogen) atoms. The van der Waals surface area contributed by atoms with E-state index in [1.807, 2.05) is 0 Å². The van der Waals surface area contributed by atoms with Gasteiger partial charge in [0.15, 0.2) is 34.8 Å². The van der Waals surface area contributed by atoms with E-state index in [2.05, 4.69) is 4.99 Å². The number of rotatable bonds is 8. The molecular weight excluding hydrogens is 684 g/mol. The lowest BCUT2D eigenvalue weighted by molar-refractivity contribution is -0.115. The second-order valence-corrected chi connectivity index (χ2v) is 11.4. The molecule has 2 unspecified atom stereocenters. The van der Waals surface area contributed by atoms with Crippen molar-refractivity contribution in [2.75, 3.05) is 58.9 Å². The largest absolute Gasteiger partial charge is 0.515 e. The van der Waals surface area contributed by atoms with Crippen LogP contribution in [0, 0.1) is 23.3 Å². The smallest absolute Gasteiger partial charge is 0.414 e. The highest BCUT2D eigenvalue weighted by Gasteiger charge is 2.36. The molecule has 2 amide bonds. The van der Waals surface area contributed by atoms with Crippen molar-refractivity contribution >= 4 is 52.3 Å². The SMILES string of the molecule is NC(/C=C\O)=NCC1CN(c2ccc(N3C=CC(=O)CC3)c(F)c2F)C(=O)O1.O=C1C=CN(c2ccc(N3CC(CO)OC3=O)c(F)c2F)CC1. The van der Waals surface area contributed by atoms with Crippen molar-refractivity contribution < 1.29 is 56.4 Å². The van der Waals surface area contributed by atoms with Crippen molar-refractivity contribution in [3.8, 4) is 0 Å². The number of aliphatic hydroxyl groups is 2. The topological polar surface area (TPSA) is 179 Å². The Bertz CT molecular complexity index is 1840. The fourth-order valence-corrected chi connectivity index (χ4v) is 5.41. The highest BCUT2D eigenvalue weighted by molar-refractivity contribution is 5.94. The number of allylic oxidation sites excluding steroid dienone is 2. The number of carbonyl (C=O) groups is 4. The van der Waals surface area contributed by atoms with Crippen molar-refractivity contribution in [3.63, 3.8) is 0 Å². The van der Waals surface area contributed by atoms with Gasteiger partial charge in [-0.05, 0) is 36.4 Å². The predicted molar refractivity (Wildman–Crippen MR) is 176 cm³/mol. The second kappa shape index (κ2) is 15.8. The minimum absolute atomic E-state index is 0.00714. The molecule has 2 aromatic rings. The maximum absolute atomic E-state index is 14.6. The van der Waals surface area contributed by atoms with Crippen molar-refractivity contribution in [3.05, 3.63) is 84.4 Å². The lowest BCUT2D eigenvalue weighted by atomic mass is 10.1. The first-order chi connectivity index (χ1) is 24.4. The van der Waals surface area contributed by atoms with Crippen LogP contribution in [-0.2, 0) is 19.1 Å². The first-order valence-corrected chi connectivity index (χ1v) is 15.5. The van der Waals surface area contributed by atoms with Crippen LogP contribution in [0.15, 0.2) is 66.1 Å².